The average molecular weight is 257 g/mol. The van der Waals surface area contributed by atoms with Crippen LogP contribution in [0, 0.1) is 5.92 Å². The molecule has 100 valence electrons. The number of benzene rings is 1. The SMILES string of the molecule is CN1C(=O)C[C@@](C)([C@@H]2C[C@@H]2c2ccccc2)N=C1N. The third-order valence-corrected chi connectivity index (χ3v) is 4.41. The summed E-state index contributed by atoms with van der Waals surface area (Å²) in [5, 5.41) is 0. The summed E-state index contributed by atoms with van der Waals surface area (Å²) < 4.78 is 0. The Hall–Kier alpha value is -1.84. The molecule has 1 amide bonds. The van der Waals surface area contributed by atoms with E-state index in [2.05, 4.69) is 36.2 Å². The van der Waals surface area contributed by atoms with Crippen LogP contribution in [0.1, 0.15) is 31.2 Å². The second kappa shape index (κ2) is 4.08. The van der Waals surface area contributed by atoms with Crippen LogP contribution in [-0.2, 0) is 4.79 Å². The second-order valence-corrected chi connectivity index (χ2v) is 5.82. The molecule has 1 aromatic rings. The Morgan fingerprint density at radius 1 is 1.37 bits per heavy atom. The number of nitrogens with zero attached hydrogens (tertiary/aromatic N) is 2. The topological polar surface area (TPSA) is 58.7 Å². The molecule has 3 rings (SSSR count). The van der Waals surface area contributed by atoms with E-state index in [1.165, 1.54) is 10.5 Å². The molecule has 1 aliphatic carbocycles. The first-order valence-electron chi connectivity index (χ1n) is 6.68. The van der Waals surface area contributed by atoms with Crippen molar-refractivity contribution in [3.8, 4) is 0 Å². The number of carbonyl (C=O) groups is 1. The van der Waals surface area contributed by atoms with Crippen molar-refractivity contribution in [1.82, 2.24) is 4.90 Å². The summed E-state index contributed by atoms with van der Waals surface area (Å²) in [6.45, 7) is 2.05. The zero-order valence-corrected chi connectivity index (χ0v) is 11.3. The summed E-state index contributed by atoms with van der Waals surface area (Å²) in [7, 11) is 1.68. The van der Waals surface area contributed by atoms with Crippen LogP contribution in [0.4, 0.5) is 0 Å². The van der Waals surface area contributed by atoms with Gasteiger partial charge in [0.25, 0.3) is 0 Å². The minimum absolute atomic E-state index is 0.0636. The largest absolute Gasteiger partial charge is 0.369 e. The average Bonchev–Trinajstić information content (AvgIpc) is 3.18. The number of aliphatic imine (C=N–C) groups is 1. The van der Waals surface area contributed by atoms with Crippen LogP contribution in [0.2, 0.25) is 0 Å². The van der Waals surface area contributed by atoms with E-state index in [1.807, 2.05) is 6.07 Å². The van der Waals surface area contributed by atoms with Gasteiger partial charge in [-0.1, -0.05) is 30.3 Å². The predicted octanol–water partition coefficient (Wildman–Crippen LogP) is 1.73. The molecule has 1 saturated carbocycles. The van der Waals surface area contributed by atoms with Gasteiger partial charge in [0.05, 0.1) is 12.0 Å². The summed E-state index contributed by atoms with van der Waals surface area (Å²) in [5.41, 5.74) is 6.85. The molecule has 1 aliphatic heterocycles. The van der Waals surface area contributed by atoms with Gasteiger partial charge in [0, 0.05) is 7.05 Å². The number of nitrogens with two attached hydrogens (primary N) is 1. The Morgan fingerprint density at radius 2 is 2.05 bits per heavy atom. The van der Waals surface area contributed by atoms with Crippen molar-refractivity contribution in [3.05, 3.63) is 35.9 Å². The van der Waals surface area contributed by atoms with E-state index in [4.69, 9.17) is 5.73 Å². The molecule has 3 atom stereocenters. The highest BCUT2D eigenvalue weighted by molar-refractivity contribution is 5.98. The van der Waals surface area contributed by atoms with Crippen LogP contribution >= 0.6 is 0 Å². The number of rotatable bonds is 2. The second-order valence-electron chi connectivity index (χ2n) is 5.82. The third kappa shape index (κ3) is 2.01. The van der Waals surface area contributed by atoms with Gasteiger partial charge in [-0.05, 0) is 30.7 Å². The Labute approximate surface area is 113 Å². The summed E-state index contributed by atoms with van der Waals surface area (Å²) in [6.07, 6.45) is 1.55. The molecule has 0 aromatic heterocycles. The van der Waals surface area contributed by atoms with Crippen molar-refractivity contribution in [2.75, 3.05) is 7.05 Å². The number of guanidine groups is 1. The van der Waals surface area contributed by atoms with Crippen molar-refractivity contribution in [2.45, 2.75) is 31.2 Å². The first-order chi connectivity index (χ1) is 9.01. The fraction of sp³-hybridized carbons (Fsp3) is 0.467. The van der Waals surface area contributed by atoms with E-state index >= 15 is 0 Å². The summed E-state index contributed by atoms with van der Waals surface area (Å²) in [4.78, 5) is 18.0. The van der Waals surface area contributed by atoms with Crippen LogP contribution in [-0.4, -0.2) is 29.4 Å². The molecule has 19 heavy (non-hydrogen) atoms. The van der Waals surface area contributed by atoms with Crippen LogP contribution in [0.15, 0.2) is 35.3 Å². The summed E-state index contributed by atoms with van der Waals surface area (Å²) in [5.74, 6) is 1.34. The Balaban J connectivity index is 1.83. The summed E-state index contributed by atoms with van der Waals surface area (Å²) in [6, 6.07) is 10.4. The van der Waals surface area contributed by atoms with Gasteiger partial charge in [-0.2, -0.15) is 0 Å². The molecule has 2 aliphatic rings. The molecule has 1 heterocycles. The molecule has 1 aromatic carbocycles. The van der Waals surface area contributed by atoms with Crippen LogP contribution in [0.25, 0.3) is 0 Å². The molecule has 0 bridgehead atoms. The predicted molar refractivity (Wildman–Crippen MR) is 74.7 cm³/mol. The summed E-state index contributed by atoms with van der Waals surface area (Å²) >= 11 is 0. The first-order valence-corrected chi connectivity index (χ1v) is 6.68. The van der Waals surface area contributed by atoms with E-state index in [0.717, 1.165) is 6.42 Å². The molecule has 0 radical (unpaired) electrons. The zero-order chi connectivity index (χ0) is 13.6. The Morgan fingerprint density at radius 3 is 2.68 bits per heavy atom. The quantitative estimate of drug-likeness (QED) is 0.877. The molecule has 2 N–H and O–H groups in total. The fourth-order valence-electron chi connectivity index (χ4n) is 3.09. The minimum atomic E-state index is -0.339. The fourth-order valence-corrected chi connectivity index (χ4v) is 3.09. The maximum Gasteiger partial charge on any atom is 0.231 e. The first kappa shape index (κ1) is 12.2. The lowest BCUT2D eigenvalue weighted by Gasteiger charge is -2.33. The van der Waals surface area contributed by atoms with Gasteiger partial charge >= 0.3 is 0 Å². The van der Waals surface area contributed by atoms with Gasteiger partial charge < -0.3 is 5.73 Å². The molecular formula is C15H19N3O. The number of hydrogen-bond acceptors (Lipinski definition) is 3. The lowest BCUT2D eigenvalue weighted by molar-refractivity contribution is -0.128. The molecule has 4 nitrogen and oxygen atoms in total. The highest BCUT2D eigenvalue weighted by Crippen LogP contribution is 2.56. The van der Waals surface area contributed by atoms with E-state index in [0.29, 0.717) is 24.2 Å². The molecular weight excluding hydrogens is 238 g/mol. The molecule has 0 saturated heterocycles. The van der Waals surface area contributed by atoms with Gasteiger partial charge in [0.15, 0.2) is 5.96 Å². The standard InChI is InChI=1S/C15H19N3O/c1-15(9-13(19)18(2)14(16)17-15)12-8-11(12)10-6-4-3-5-7-10/h3-7,11-12H,8-9H2,1-2H3,(H2,16,17)/t11-,12-,15+/m1/s1. The van der Waals surface area contributed by atoms with E-state index in [1.54, 1.807) is 7.05 Å². The number of hydrogen-bond donors (Lipinski definition) is 1. The van der Waals surface area contributed by atoms with E-state index in [-0.39, 0.29) is 11.4 Å². The molecule has 4 heteroatoms. The van der Waals surface area contributed by atoms with Gasteiger partial charge in [0.1, 0.15) is 0 Å². The van der Waals surface area contributed by atoms with Gasteiger partial charge in [-0.15, -0.1) is 0 Å². The van der Waals surface area contributed by atoms with Gasteiger partial charge in [0.2, 0.25) is 5.91 Å². The van der Waals surface area contributed by atoms with Crippen molar-refractivity contribution in [1.29, 1.82) is 0 Å². The third-order valence-electron chi connectivity index (χ3n) is 4.41. The Kier molecular flexibility index (Phi) is 2.62. The number of amides is 1. The lowest BCUT2D eigenvalue weighted by atomic mass is 9.88. The smallest absolute Gasteiger partial charge is 0.231 e. The number of carbonyl (C=O) groups excluding carboxylic acids is 1. The normalized spacial score (nSPS) is 34.1. The maximum absolute atomic E-state index is 12.0. The maximum atomic E-state index is 12.0. The van der Waals surface area contributed by atoms with Crippen molar-refractivity contribution in [2.24, 2.45) is 16.6 Å². The van der Waals surface area contributed by atoms with Crippen molar-refractivity contribution < 1.29 is 4.79 Å². The van der Waals surface area contributed by atoms with Crippen molar-refractivity contribution in [3.63, 3.8) is 0 Å². The zero-order valence-electron chi connectivity index (χ0n) is 11.3. The molecule has 1 fully saturated rings. The monoisotopic (exact) mass is 257 g/mol. The van der Waals surface area contributed by atoms with Crippen LogP contribution in [0.5, 0.6) is 0 Å². The highest BCUT2D eigenvalue weighted by atomic mass is 16.2. The Bertz CT molecular complexity index is 540. The van der Waals surface area contributed by atoms with E-state index < -0.39 is 0 Å². The van der Waals surface area contributed by atoms with Crippen LogP contribution in [0.3, 0.4) is 0 Å². The van der Waals surface area contributed by atoms with Gasteiger partial charge in [-0.3, -0.25) is 9.69 Å². The lowest BCUT2D eigenvalue weighted by Crippen LogP contribution is -2.49. The molecule has 0 spiro atoms. The minimum Gasteiger partial charge on any atom is -0.369 e. The van der Waals surface area contributed by atoms with Gasteiger partial charge in [-0.25, -0.2) is 4.99 Å². The van der Waals surface area contributed by atoms with Crippen molar-refractivity contribution >= 4 is 11.9 Å². The van der Waals surface area contributed by atoms with E-state index in [9.17, 15) is 4.79 Å². The highest BCUT2D eigenvalue weighted by Gasteiger charge is 2.53. The molecule has 0 unspecified atom stereocenters. The van der Waals surface area contributed by atoms with Crippen LogP contribution < -0.4 is 5.73 Å².